The van der Waals surface area contributed by atoms with Crippen molar-refractivity contribution in [1.29, 1.82) is 0 Å². The first kappa shape index (κ1) is 19.4. The molecule has 1 heterocycles. The minimum Gasteiger partial charge on any atom is -0.484 e. The Morgan fingerprint density at radius 1 is 1.32 bits per heavy atom. The maximum Gasteiger partial charge on any atom is 0.258 e. The lowest BCUT2D eigenvalue weighted by molar-refractivity contribution is -0.151. The molecule has 2 amide bonds. The molecule has 1 aromatic carbocycles. The Kier molecular flexibility index (Phi) is 4.97. The molecule has 0 radical (unpaired) electrons. The lowest BCUT2D eigenvalue weighted by Crippen LogP contribution is -2.84. The van der Waals surface area contributed by atoms with Crippen LogP contribution in [0.2, 0.25) is 5.02 Å². The molecular weight excluding hydrogens is 389 g/mol. The Labute approximate surface area is 167 Å². The number of ether oxygens (including phenoxy) is 2. The van der Waals surface area contributed by atoms with E-state index >= 15 is 0 Å². The molecule has 28 heavy (non-hydrogen) atoms. The molecule has 2 bridgehead atoms. The summed E-state index contributed by atoms with van der Waals surface area (Å²) in [4.78, 5) is 24.5. The molecule has 152 valence electrons. The molecule has 3 N–H and O–H groups in total. The number of halogens is 2. The summed E-state index contributed by atoms with van der Waals surface area (Å²) in [6.45, 7) is 2.17. The first-order valence-corrected chi connectivity index (χ1v) is 9.78. The van der Waals surface area contributed by atoms with Gasteiger partial charge in [0.1, 0.15) is 23.8 Å². The third-order valence-corrected chi connectivity index (χ3v) is 5.93. The van der Waals surface area contributed by atoms with Gasteiger partial charge in [-0.05, 0) is 37.8 Å². The molecule has 1 aliphatic heterocycles. The molecule has 5 rings (SSSR count). The summed E-state index contributed by atoms with van der Waals surface area (Å²) >= 11 is 5.62. The number of amides is 2. The first-order chi connectivity index (χ1) is 13.3. The van der Waals surface area contributed by atoms with Crippen molar-refractivity contribution in [1.82, 2.24) is 16.0 Å². The van der Waals surface area contributed by atoms with E-state index in [1.807, 2.05) is 6.92 Å². The van der Waals surface area contributed by atoms with Crippen LogP contribution in [0.4, 0.5) is 4.39 Å². The molecule has 7 nitrogen and oxygen atoms in total. The second-order valence-electron chi connectivity index (χ2n) is 7.94. The lowest BCUT2D eigenvalue weighted by Gasteiger charge is -2.70. The van der Waals surface area contributed by atoms with Crippen LogP contribution in [-0.2, 0) is 14.3 Å². The zero-order valence-electron chi connectivity index (χ0n) is 15.5. The van der Waals surface area contributed by atoms with Crippen LogP contribution < -0.4 is 20.7 Å². The Bertz CT molecular complexity index is 786. The van der Waals surface area contributed by atoms with E-state index < -0.39 is 5.82 Å². The van der Waals surface area contributed by atoms with Crippen molar-refractivity contribution in [3.8, 4) is 5.75 Å². The van der Waals surface area contributed by atoms with Gasteiger partial charge >= 0.3 is 0 Å². The Morgan fingerprint density at radius 3 is 2.68 bits per heavy atom. The van der Waals surface area contributed by atoms with Crippen molar-refractivity contribution in [2.45, 2.75) is 56.0 Å². The second-order valence-corrected chi connectivity index (χ2v) is 8.35. The largest absolute Gasteiger partial charge is 0.484 e. The number of carbonyl (C=O) groups is 2. The molecule has 3 aliphatic carbocycles. The highest BCUT2D eigenvalue weighted by Crippen LogP contribution is 2.60. The van der Waals surface area contributed by atoms with E-state index in [0.29, 0.717) is 25.9 Å². The van der Waals surface area contributed by atoms with Crippen molar-refractivity contribution < 1.29 is 23.5 Å². The van der Waals surface area contributed by atoms with E-state index in [1.165, 1.54) is 12.1 Å². The third kappa shape index (κ3) is 3.68. The van der Waals surface area contributed by atoms with Crippen LogP contribution in [0.5, 0.6) is 5.75 Å². The predicted octanol–water partition coefficient (Wildman–Crippen LogP) is 1.49. The molecule has 2 unspecified atom stereocenters. The van der Waals surface area contributed by atoms with Crippen molar-refractivity contribution in [2.24, 2.45) is 0 Å². The maximum atomic E-state index is 13.4. The highest BCUT2D eigenvalue weighted by atomic mass is 35.5. The maximum absolute atomic E-state index is 13.4. The Balaban J connectivity index is 1.19. The normalized spacial score (nSPS) is 32.8. The summed E-state index contributed by atoms with van der Waals surface area (Å²) in [5.41, 5.74) is -0.499. The SMILES string of the molecule is CCC1NC(C(=O)NC23CC(NC(=O)COc4ccc(Cl)c(F)c4)(C2)C3)CO1. The number of hydrogen-bond acceptors (Lipinski definition) is 5. The van der Waals surface area contributed by atoms with Crippen LogP contribution in [0.1, 0.15) is 32.6 Å². The number of carbonyl (C=O) groups excluding carboxylic acids is 2. The van der Waals surface area contributed by atoms with Crippen molar-refractivity contribution in [3.05, 3.63) is 29.0 Å². The first-order valence-electron chi connectivity index (χ1n) is 9.41. The molecule has 1 aromatic rings. The van der Waals surface area contributed by atoms with E-state index in [1.54, 1.807) is 0 Å². The fourth-order valence-corrected chi connectivity index (χ4v) is 4.49. The highest BCUT2D eigenvalue weighted by Gasteiger charge is 2.69. The minimum atomic E-state index is -0.593. The molecule has 4 aliphatic rings. The topological polar surface area (TPSA) is 88.7 Å². The minimum absolute atomic E-state index is 0.00240. The number of nitrogens with one attached hydrogen (secondary N) is 3. The van der Waals surface area contributed by atoms with Crippen molar-refractivity contribution >= 4 is 23.4 Å². The average Bonchev–Trinajstić information content (AvgIpc) is 3.09. The van der Waals surface area contributed by atoms with Gasteiger partial charge in [-0.1, -0.05) is 18.5 Å². The van der Waals surface area contributed by atoms with Gasteiger partial charge in [-0.25, -0.2) is 4.39 Å². The fourth-order valence-electron chi connectivity index (χ4n) is 4.37. The van der Waals surface area contributed by atoms with Crippen LogP contribution in [-0.4, -0.2) is 48.4 Å². The standard InChI is InChI=1S/C19H23ClFN3O4/c1-2-16-22-14(6-28-16)17(26)24-19-8-18(9-19,10-19)23-15(25)7-27-11-3-4-12(20)13(21)5-11/h3-5,14,16,22H,2,6-10H2,1H3,(H,23,25)(H,24,26). The fraction of sp³-hybridized carbons (Fsp3) is 0.579. The van der Waals surface area contributed by atoms with Gasteiger partial charge in [0, 0.05) is 17.1 Å². The quantitative estimate of drug-likeness (QED) is 0.632. The Morgan fingerprint density at radius 2 is 2.04 bits per heavy atom. The van der Waals surface area contributed by atoms with Gasteiger partial charge in [0.15, 0.2) is 6.61 Å². The van der Waals surface area contributed by atoms with Crippen LogP contribution in [0.15, 0.2) is 18.2 Å². The molecule has 0 spiro atoms. The monoisotopic (exact) mass is 411 g/mol. The summed E-state index contributed by atoms with van der Waals surface area (Å²) in [6.07, 6.45) is 2.87. The van der Waals surface area contributed by atoms with E-state index in [0.717, 1.165) is 12.5 Å². The third-order valence-electron chi connectivity index (χ3n) is 5.62. The van der Waals surface area contributed by atoms with Gasteiger partial charge in [0.2, 0.25) is 5.91 Å². The summed E-state index contributed by atoms with van der Waals surface area (Å²) in [6, 6.07) is 3.71. The van der Waals surface area contributed by atoms with Gasteiger partial charge in [-0.3, -0.25) is 14.9 Å². The molecule has 2 atom stereocenters. The molecule has 0 aromatic heterocycles. The molecule has 9 heteroatoms. The lowest BCUT2D eigenvalue weighted by atomic mass is 9.44. The van der Waals surface area contributed by atoms with Gasteiger partial charge in [-0.2, -0.15) is 0 Å². The molecule has 3 saturated carbocycles. The van der Waals surface area contributed by atoms with Gasteiger partial charge in [0.05, 0.1) is 11.6 Å². The summed E-state index contributed by atoms with van der Waals surface area (Å²) in [5, 5.41) is 9.21. The molecule has 1 saturated heterocycles. The van der Waals surface area contributed by atoms with Crippen LogP contribution in [0.25, 0.3) is 0 Å². The number of hydrogen-bond donors (Lipinski definition) is 3. The van der Waals surface area contributed by atoms with E-state index in [9.17, 15) is 14.0 Å². The van der Waals surface area contributed by atoms with Crippen LogP contribution >= 0.6 is 11.6 Å². The smallest absolute Gasteiger partial charge is 0.258 e. The average molecular weight is 412 g/mol. The Hall–Kier alpha value is -1.90. The van der Waals surface area contributed by atoms with E-state index in [-0.39, 0.29) is 52.5 Å². The summed E-state index contributed by atoms with van der Waals surface area (Å²) < 4.78 is 24.2. The van der Waals surface area contributed by atoms with E-state index in [2.05, 4.69) is 16.0 Å². The molecular formula is C19H23ClFN3O4. The van der Waals surface area contributed by atoms with E-state index in [4.69, 9.17) is 21.1 Å². The predicted molar refractivity (Wildman–Crippen MR) is 99.5 cm³/mol. The highest BCUT2D eigenvalue weighted by molar-refractivity contribution is 6.30. The van der Waals surface area contributed by atoms with Crippen LogP contribution in [0.3, 0.4) is 0 Å². The van der Waals surface area contributed by atoms with Crippen molar-refractivity contribution in [2.75, 3.05) is 13.2 Å². The molecule has 4 fully saturated rings. The zero-order chi connectivity index (χ0) is 19.9. The second kappa shape index (κ2) is 7.17. The van der Waals surface area contributed by atoms with Gasteiger partial charge < -0.3 is 20.1 Å². The van der Waals surface area contributed by atoms with Gasteiger partial charge in [0.25, 0.3) is 5.91 Å². The summed E-state index contributed by atoms with van der Waals surface area (Å²) in [7, 11) is 0. The van der Waals surface area contributed by atoms with Crippen molar-refractivity contribution in [3.63, 3.8) is 0 Å². The van der Waals surface area contributed by atoms with Gasteiger partial charge in [-0.15, -0.1) is 0 Å². The van der Waals surface area contributed by atoms with Crippen LogP contribution in [0, 0.1) is 5.82 Å². The number of rotatable bonds is 7. The number of benzene rings is 1. The zero-order valence-corrected chi connectivity index (χ0v) is 16.3. The summed E-state index contributed by atoms with van der Waals surface area (Å²) in [5.74, 6) is -0.672.